The van der Waals surface area contributed by atoms with Crippen molar-refractivity contribution >= 4 is 11.6 Å². The Morgan fingerprint density at radius 3 is 2.44 bits per heavy atom. The summed E-state index contributed by atoms with van der Waals surface area (Å²) in [6, 6.07) is 7.91. The van der Waals surface area contributed by atoms with E-state index in [-0.39, 0.29) is 12.1 Å². The van der Waals surface area contributed by atoms with Crippen LogP contribution in [0.5, 0.6) is 0 Å². The third-order valence-corrected chi connectivity index (χ3v) is 2.92. The molecule has 0 radical (unpaired) electrons. The zero-order chi connectivity index (χ0) is 12.0. The van der Waals surface area contributed by atoms with E-state index in [1.165, 1.54) is 5.56 Å². The molecular formula is C13H20ClNO. The molecule has 90 valence electrons. The molecule has 0 aliphatic rings. The van der Waals surface area contributed by atoms with Gasteiger partial charge in [-0.2, -0.15) is 0 Å². The number of halogens is 1. The molecule has 0 aromatic heterocycles. The van der Waals surface area contributed by atoms with Crippen LogP contribution in [0.1, 0.15) is 25.8 Å². The second-order valence-electron chi connectivity index (χ2n) is 4.66. The molecule has 1 aromatic carbocycles. The molecule has 0 bridgehead atoms. The molecular weight excluding hydrogens is 222 g/mol. The van der Waals surface area contributed by atoms with Crippen LogP contribution in [0.4, 0.5) is 0 Å². The number of benzene rings is 1. The van der Waals surface area contributed by atoms with Gasteiger partial charge in [-0.25, -0.2) is 0 Å². The van der Waals surface area contributed by atoms with Gasteiger partial charge in [-0.15, -0.1) is 0 Å². The van der Waals surface area contributed by atoms with E-state index in [4.69, 9.17) is 16.7 Å². The highest BCUT2D eigenvalue weighted by Crippen LogP contribution is 2.11. The third-order valence-electron chi connectivity index (χ3n) is 2.67. The van der Waals surface area contributed by atoms with Gasteiger partial charge < -0.3 is 10.4 Å². The van der Waals surface area contributed by atoms with Crippen molar-refractivity contribution < 1.29 is 5.11 Å². The number of hydrogen-bond donors (Lipinski definition) is 2. The van der Waals surface area contributed by atoms with Crippen LogP contribution < -0.4 is 5.32 Å². The molecule has 0 amide bonds. The van der Waals surface area contributed by atoms with Gasteiger partial charge in [0.25, 0.3) is 0 Å². The number of rotatable bonds is 6. The van der Waals surface area contributed by atoms with Gasteiger partial charge in [0.2, 0.25) is 0 Å². The predicted octanol–water partition coefficient (Wildman–Crippen LogP) is 2.63. The second-order valence-corrected chi connectivity index (χ2v) is 5.10. The van der Waals surface area contributed by atoms with Crippen molar-refractivity contribution in [3.05, 3.63) is 34.9 Å². The third kappa shape index (κ3) is 4.97. The number of aliphatic hydroxyl groups is 1. The Labute approximate surface area is 103 Å². The molecule has 0 aliphatic carbocycles. The van der Waals surface area contributed by atoms with E-state index in [1.54, 1.807) is 0 Å². The molecule has 0 heterocycles. The molecule has 3 heteroatoms. The van der Waals surface area contributed by atoms with Gasteiger partial charge in [0.15, 0.2) is 0 Å². The lowest BCUT2D eigenvalue weighted by Crippen LogP contribution is -2.41. The Balaban J connectivity index is 2.32. The van der Waals surface area contributed by atoms with E-state index >= 15 is 0 Å². The molecule has 0 fully saturated rings. The molecule has 1 aromatic rings. The topological polar surface area (TPSA) is 32.3 Å². The van der Waals surface area contributed by atoms with Crippen LogP contribution in [-0.4, -0.2) is 23.8 Å². The Hall–Kier alpha value is -0.570. The van der Waals surface area contributed by atoms with Gasteiger partial charge >= 0.3 is 0 Å². The normalized spacial score (nSPS) is 11.8. The summed E-state index contributed by atoms with van der Waals surface area (Å²) in [5.74, 6) is 0. The summed E-state index contributed by atoms with van der Waals surface area (Å²) >= 11 is 5.82. The average Bonchev–Trinajstić information content (AvgIpc) is 2.20. The van der Waals surface area contributed by atoms with Crippen molar-refractivity contribution in [2.75, 3.05) is 13.2 Å². The summed E-state index contributed by atoms with van der Waals surface area (Å²) < 4.78 is 0. The van der Waals surface area contributed by atoms with Gasteiger partial charge in [0, 0.05) is 17.2 Å². The fourth-order valence-corrected chi connectivity index (χ4v) is 1.69. The molecule has 0 spiro atoms. The molecule has 2 N–H and O–H groups in total. The van der Waals surface area contributed by atoms with Gasteiger partial charge in [-0.05, 0) is 50.9 Å². The van der Waals surface area contributed by atoms with Crippen LogP contribution in [0.15, 0.2) is 24.3 Å². The summed E-state index contributed by atoms with van der Waals surface area (Å²) in [6.45, 7) is 5.34. The van der Waals surface area contributed by atoms with Crippen molar-refractivity contribution in [3.63, 3.8) is 0 Å². The minimum Gasteiger partial charge on any atom is -0.396 e. The average molecular weight is 242 g/mol. The van der Waals surface area contributed by atoms with Crippen LogP contribution in [0.3, 0.4) is 0 Å². The van der Waals surface area contributed by atoms with Gasteiger partial charge in [-0.3, -0.25) is 0 Å². The summed E-state index contributed by atoms with van der Waals surface area (Å²) in [5, 5.41) is 13.1. The molecule has 0 saturated carbocycles. The molecule has 0 atom stereocenters. The van der Waals surface area contributed by atoms with Crippen molar-refractivity contribution in [1.82, 2.24) is 5.32 Å². The molecule has 2 nitrogen and oxygen atoms in total. The number of hydrogen-bond acceptors (Lipinski definition) is 2. The molecule has 0 saturated heterocycles. The van der Waals surface area contributed by atoms with Crippen molar-refractivity contribution in [2.45, 2.75) is 32.2 Å². The lowest BCUT2D eigenvalue weighted by Gasteiger charge is -2.25. The Morgan fingerprint density at radius 1 is 1.25 bits per heavy atom. The van der Waals surface area contributed by atoms with Gasteiger partial charge in [-0.1, -0.05) is 23.7 Å². The fourth-order valence-electron chi connectivity index (χ4n) is 1.56. The molecule has 0 aliphatic heterocycles. The van der Waals surface area contributed by atoms with Crippen LogP contribution in [0.2, 0.25) is 5.02 Å². The maximum Gasteiger partial charge on any atom is 0.0448 e. The minimum absolute atomic E-state index is 0.00117. The maximum absolute atomic E-state index is 8.89. The smallest absolute Gasteiger partial charge is 0.0448 e. The fraction of sp³-hybridized carbons (Fsp3) is 0.538. The van der Waals surface area contributed by atoms with E-state index in [2.05, 4.69) is 19.2 Å². The predicted molar refractivity (Wildman–Crippen MR) is 68.9 cm³/mol. The van der Waals surface area contributed by atoms with E-state index in [0.29, 0.717) is 0 Å². The Kier molecular flexibility index (Phi) is 5.26. The summed E-state index contributed by atoms with van der Waals surface area (Å²) in [4.78, 5) is 0. The highest BCUT2D eigenvalue weighted by Gasteiger charge is 2.14. The molecule has 1 rings (SSSR count). The quantitative estimate of drug-likeness (QED) is 0.803. The van der Waals surface area contributed by atoms with E-state index < -0.39 is 0 Å². The van der Waals surface area contributed by atoms with Crippen LogP contribution in [-0.2, 0) is 6.42 Å². The lowest BCUT2D eigenvalue weighted by molar-refractivity contribution is 0.231. The van der Waals surface area contributed by atoms with Crippen LogP contribution >= 0.6 is 11.6 Å². The van der Waals surface area contributed by atoms with Crippen molar-refractivity contribution in [2.24, 2.45) is 0 Å². The zero-order valence-electron chi connectivity index (χ0n) is 9.96. The largest absolute Gasteiger partial charge is 0.396 e. The SMILES string of the molecule is CC(C)(CCO)NCCc1ccc(Cl)cc1. The Bertz CT molecular complexity index is 308. The summed E-state index contributed by atoms with van der Waals surface area (Å²) in [5.41, 5.74) is 1.28. The van der Waals surface area contributed by atoms with E-state index in [0.717, 1.165) is 24.4 Å². The first-order valence-corrected chi connectivity index (χ1v) is 6.02. The highest BCUT2D eigenvalue weighted by atomic mass is 35.5. The Morgan fingerprint density at radius 2 is 1.88 bits per heavy atom. The van der Waals surface area contributed by atoms with E-state index in [1.807, 2.05) is 24.3 Å². The highest BCUT2D eigenvalue weighted by molar-refractivity contribution is 6.30. The number of nitrogens with one attached hydrogen (secondary N) is 1. The number of aliphatic hydroxyl groups excluding tert-OH is 1. The summed E-state index contributed by atoms with van der Waals surface area (Å²) in [6.07, 6.45) is 1.75. The van der Waals surface area contributed by atoms with Crippen molar-refractivity contribution in [1.29, 1.82) is 0 Å². The van der Waals surface area contributed by atoms with Crippen molar-refractivity contribution in [3.8, 4) is 0 Å². The first-order valence-electron chi connectivity index (χ1n) is 5.64. The first-order chi connectivity index (χ1) is 7.53. The second kappa shape index (κ2) is 6.24. The molecule has 16 heavy (non-hydrogen) atoms. The molecule has 0 unspecified atom stereocenters. The standard InChI is InChI=1S/C13H20ClNO/c1-13(2,8-10-16)15-9-7-11-3-5-12(14)6-4-11/h3-6,15-16H,7-10H2,1-2H3. The summed E-state index contributed by atoms with van der Waals surface area (Å²) in [7, 11) is 0. The first kappa shape index (κ1) is 13.5. The minimum atomic E-state index is 0.00117. The maximum atomic E-state index is 8.89. The van der Waals surface area contributed by atoms with Crippen LogP contribution in [0.25, 0.3) is 0 Å². The van der Waals surface area contributed by atoms with Gasteiger partial charge in [0.05, 0.1) is 0 Å². The zero-order valence-corrected chi connectivity index (χ0v) is 10.7. The van der Waals surface area contributed by atoms with Crippen LogP contribution in [0, 0.1) is 0 Å². The van der Waals surface area contributed by atoms with Gasteiger partial charge in [0.1, 0.15) is 0 Å². The lowest BCUT2D eigenvalue weighted by atomic mass is 10.0. The monoisotopic (exact) mass is 241 g/mol. The van der Waals surface area contributed by atoms with E-state index in [9.17, 15) is 0 Å².